The van der Waals surface area contributed by atoms with E-state index in [4.69, 9.17) is 19.0 Å². The van der Waals surface area contributed by atoms with Crippen molar-refractivity contribution in [2.75, 3.05) is 11.9 Å². The summed E-state index contributed by atoms with van der Waals surface area (Å²) in [7, 11) is 0. The molecule has 4 N–H and O–H groups in total. The molecular formula is C31H47N9O9S. The van der Waals surface area contributed by atoms with E-state index < -0.39 is 64.5 Å². The zero-order chi connectivity index (χ0) is 37.7. The van der Waals surface area contributed by atoms with Crippen LogP contribution in [0.15, 0.2) is 16.7 Å². The predicted octanol–water partition coefficient (Wildman–Crippen LogP) is 2.67. The number of carbonyl (C=O) groups is 5. The summed E-state index contributed by atoms with van der Waals surface area (Å²) in [5.41, 5.74) is -3.65. The van der Waals surface area contributed by atoms with Crippen LogP contribution >= 0.6 is 11.3 Å². The molecular weight excluding hydrogens is 674 g/mol. The maximum Gasteiger partial charge on any atom is 0.413 e. The topological polar surface area (TPSA) is 226 Å². The normalized spacial score (nSPS) is 16.8. The molecule has 2 aromatic rings. The highest BCUT2D eigenvalue weighted by Gasteiger charge is 2.42. The van der Waals surface area contributed by atoms with Crippen LogP contribution in [0.4, 0.5) is 14.7 Å². The van der Waals surface area contributed by atoms with Gasteiger partial charge in [0.25, 0.3) is 5.91 Å². The SMILES string of the molecule is CC(C)(C)OC(=O)NCCn1cc(CC2NC(=O)C2NC(=O)C(=NOC(C)(C)C(=O)OC(C)(C)C)c2csc(NC(=O)OC(C)(C)C)n2)nn1. The summed E-state index contributed by atoms with van der Waals surface area (Å²) in [5, 5.41) is 24.2. The number of ether oxygens (including phenoxy) is 3. The lowest BCUT2D eigenvalue weighted by molar-refractivity contribution is -0.179. The molecule has 0 saturated carbocycles. The molecule has 1 aliphatic heterocycles. The Morgan fingerprint density at radius 1 is 0.940 bits per heavy atom. The molecule has 0 spiro atoms. The smallest absolute Gasteiger partial charge is 0.413 e. The van der Waals surface area contributed by atoms with E-state index in [1.54, 1.807) is 68.5 Å². The third-order valence-electron chi connectivity index (χ3n) is 6.15. The number of hydrogen-bond acceptors (Lipinski definition) is 14. The van der Waals surface area contributed by atoms with Crippen LogP contribution in [-0.4, -0.2) is 96.7 Å². The van der Waals surface area contributed by atoms with Gasteiger partial charge in [0.1, 0.15) is 28.5 Å². The minimum absolute atomic E-state index is 0.00207. The van der Waals surface area contributed by atoms with Crippen molar-refractivity contribution in [3.8, 4) is 0 Å². The van der Waals surface area contributed by atoms with Crippen LogP contribution in [0.1, 0.15) is 87.5 Å². The van der Waals surface area contributed by atoms with Crippen molar-refractivity contribution in [1.29, 1.82) is 0 Å². The molecule has 4 amide bonds. The van der Waals surface area contributed by atoms with Gasteiger partial charge in [-0.25, -0.2) is 19.4 Å². The van der Waals surface area contributed by atoms with Crippen LogP contribution in [0.3, 0.4) is 0 Å². The number of anilines is 1. The number of carbonyl (C=O) groups excluding carboxylic acids is 5. The Hall–Kier alpha value is -4.81. The Balaban J connectivity index is 1.73. The van der Waals surface area contributed by atoms with Gasteiger partial charge in [-0.15, -0.1) is 16.4 Å². The van der Waals surface area contributed by atoms with Crippen LogP contribution in [0, 0.1) is 0 Å². The number of thiazole rings is 1. The van der Waals surface area contributed by atoms with Crippen molar-refractivity contribution in [2.45, 2.75) is 124 Å². The second-order valence-electron chi connectivity index (χ2n) is 14.9. The number of alkyl carbamates (subject to hydrolysis) is 1. The zero-order valence-electron chi connectivity index (χ0n) is 30.2. The number of β-lactam (4-membered cyclic amide) rings is 1. The van der Waals surface area contributed by atoms with Gasteiger partial charge in [0.2, 0.25) is 11.5 Å². The average molecular weight is 722 g/mol. The summed E-state index contributed by atoms with van der Waals surface area (Å²) < 4.78 is 17.4. The molecule has 0 radical (unpaired) electrons. The molecule has 0 aliphatic carbocycles. The van der Waals surface area contributed by atoms with Gasteiger partial charge in [-0.05, 0) is 76.2 Å². The van der Waals surface area contributed by atoms with Gasteiger partial charge in [-0.2, -0.15) is 0 Å². The highest BCUT2D eigenvalue weighted by Crippen LogP contribution is 2.22. The number of rotatable bonds is 12. The van der Waals surface area contributed by atoms with Crippen LogP contribution in [0.2, 0.25) is 0 Å². The largest absolute Gasteiger partial charge is 0.457 e. The number of oxime groups is 1. The number of hydrogen-bond donors (Lipinski definition) is 4. The molecule has 19 heteroatoms. The van der Waals surface area contributed by atoms with Crippen LogP contribution < -0.4 is 21.3 Å². The van der Waals surface area contributed by atoms with E-state index in [2.05, 4.69) is 41.7 Å². The minimum atomic E-state index is -1.61. The van der Waals surface area contributed by atoms with E-state index in [1.807, 2.05) is 0 Å². The quantitative estimate of drug-likeness (QED) is 0.0816. The number of esters is 1. The molecule has 50 heavy (non-hydrogen) atoms. The first-order valence-corrected chi connectivity index (χ1v) is 16.7. The lowest BCUT2D eigenvalue weighted by Gasteiger charge is -2.36. The first-order chi connectivity index (χ1) is 22.9. The Bertz CT molecular complexity index is 1600. The number of nitrogens with zero attached hydrogens (tertiary/aromatic N) is 5. The second kappa shape index (κ2) is 15.4. The number of nitrogens with one attached hydrogen (secondary N) is 4. The summed E-state index contributed by atoms with van der Waals surface area (Å²) in [6, 6.07) is -1.53. The molecule has 3 heterocycles. The Kier molecular flexibility index (Phi) is 12.2. The van der Waals surface area contributed by atoms with Crippen molar-refractivity contribution in [3.05, 3.63) is 23.0 Å². The fourth-order valence-electron chi connectivity index (χ4n) is 3.97. The Morgan fingerprint density at radius 3 is 2.16 bits per heavy atom. The molecule has 1 fully saturated rings. The molecule has 2 unspecified atom stereocenters. The molecule has 0 bridgehead atoms. The van der Waals surface area contributed by atoms with E-state index in [1.165, 1.54) is 23.9 Å². The average Bonchev–Trinajstić information content (AvgIpc) is 3.58. The minimum Gasteiger partial charge on any atom is -0.457 e. The third kappa shape index (κ3) is 12.6. The fourth-order valence-corrected chi connectivity index (χ4v) is 4.65. The fraction of sp³-hybridized carbons (Fsp3) is 0.645. The standard InChI is InChI=1S/C31H47N9O9S/c1-28(2,3)46-24(43)31(10,11)49-38-21(19-16-50-25(34-19)36-27(45)48-30(7,8)9)23(42)35-20-18(33-22(20)41)14-17-15-40(39-37-17)13-12-32-26(44)47-29(4,5)6/h15-16,18,20H,12-14H2,1-11H3,(H,32,44)(H,33,41)(H,35,42)(H,34,36,45). The predicted molar refractivity (Wildman–Crippen MR) is 181 cm³/mol. The van der Waals surface area contributed by atoms with Crippen LogP contribution in [0.5, 0.6) is 0 Å². The van der Waals surface area contributed by atoms with E-state index in [0.717, 1.165) is 11.3 Å². The first kappa shape index (κ1) is 39.6. The molecule has 2 atom stereocenters. The van der Waals surface area contributed by atoms with E-state index in [-0.39, 0.29) is 29.5 Å². The van der Waals surface area contributed by atoms with Crippen LogP contribution in [-0.2, 0) is 46.4 Å². The van der Waals surface area contributed by atoms with Gasteiger partial charge in [0, 0.05) is 24.5 Å². The Labute approximate surface area is 294 Å². The lowest BCUT2D eigenvalue weighted by Crippen LogP contribution is -2.70. The summed E-state index contributed by atoms with van der Waals surface area (Å²) in [6.45, 7) is 18.9. The van der Waals surface area contributed by atoms with Crippen molar-refractivity contribution < 1.29 is 43.0 Å². The van der Waals surface area contributed by atoms with Gasteiger partial charge in [-0.3, -0.25) is 19.6 Å². The monoisotopic (exact) mass is 721 g/mol. The summed E-state index contributed by atoms with van der Waals surface area (Å²) in [4.78, 5) is 73.0. The summed E-state index contributed by atoms with van der Waals surface area (Å²) >= 11 is 0.992. The molecule has 2 aromatic heterocycles. The maximum atomic E-state index is 13.6. The summed E-state index contributed by atoms with van der Waals surface area (Å²) in [5.74, 6) is -2.01. The molecule has 3 rings (SSSR count). The molecule has 18 nitrogen and oxygen atoms in total. The Morgan fingerprint density at radius 2 is 1.56 bits per heavy atom. The van der Waals surface area contributed by atoms with Gasteiger partial charge in [0.05, 0.1) is 18.3 Å². The van der Waals surface area contributed by atoms with Crippen molar-refractivity contribution in [1.82, 2.24) is 35.9 Å². The van der Waals surface area contributed by atoms with E-state index in [0.29, 0.717) is 12.2 Å². The van der Waals surface area contributed by atoms with Crippen molar-refractivity contribution >= 4 is 52.2 Å². The molecule has 1 saturated heterocycles. The molecule has 0 aromatic carbocycles. The van der Waals surface area contributed by atoms with Crippen molar-refractivity contribution in [3.63, 3.8) is 0 Å². The van der Waals surface area contributed by atoms with Gasteiger partial charge < -0.3 is 35.0 Å². The first-order valence-electron chi connectivity index (χ1n) is 15.8. The maximum absolute atomic E-state index is 13.6. The lowest BCUT2D eigenvalue weighted by atomic mass is 9.94. The van der Waals surface area contributed by atoms with E-state index in [9.17, 15) is 24.0 Å². The molecule has 276 valence electrons. The third-order valence-corrected chi connectivity index (χ3v) is 6.91. The van der Waals surface area contributed by atoms with Crippen molar-refractivity contribution in [2.24, 2.45) is 5.16 Å². The highest BCUT2D eigenvalue weighted by atomic mass is 32.1. The van der Waals surface area contributed by atoms with E-state index >= 15 is 0 Å². The second-order valence-corrected chi connectivity index (χ2v) is 15.7. The van der Waals surface area contributed by atoms with Gasteiger partial charge in [-0.1, -0.05) is 10.4 Å². The number of amides is 4. The van der Waals surface area contributed by atoms with Crippen LogP contribution in [0.25, 0.3) is 0 Å². The van der Waals surface area contributed by atoms with Gasteiger partial charge >= 0.3 is 18.2 Å². The summed E-state index contributed by atoms with van der Waals surface area (Å²) in [6.07, 6.45) is 0.580. The zero-order valence-corrected chi connectivity index (χ0v) is 31.1. The van der Waals surface area contributed by atoms with Gasteiger partial charge in [0.15, 0.2) is 10.8 Å². The highest BCUT2D eigenvalue weighted by molar-refractivity contribution is 7.14. The molecule has 1 aliphatic rings. The number of aromatic nitrogens is 4.